The van der Waals surface area contributed by atoms with Crippen LogP contribution in [0.1, 0.15) is 20.7 Å². The molecule has 0 aliphatic heterocycles. The summed E-state index contributed by atoms with van der Waals surface area (Å²) in [5.41, 5.74) is -0.455. The molecule has 2 rings (SSSR count). The standard InChI is InChI=1S/C14H9F2NO3/c15-8-5-6-9(11(16)7-8)13(18)17-12-4-2-1-3-10(12)14(19)20/h1-7H,(H,17,18)(H,19,20). The third kappa shape index (κ3) is 2.80. The van der Waals surface area contributed by atoms with Crippen LogP contribution in [0.3, 0.4) is 0 Å². The first-order valence-corrected chi connectivity index (χ1v) is 5.58. The summed E-state index contributed by atoms with van der Waals surface area (Å²) in [7, 11) is 0. The summed E-state index contributed by atoms with van der Waals surface area (Å²) < 4.78 is 26.2. The normalized spacial score (nSPS) is 10.1. The Balaban J connectivity index is 2.30. The van der Waals surface area contributed by atoms with Gasteiger partial charge in [0.1, 0.15) is 11.6 Å². The molecule has 20 heavy (non-hydrogen) atoms. The van der Waals surface area contributed by atoms with Crippen molar-refractivity contribution in [2.75, 3.05) is 5.32 Å². The lowest BCUT2D eigenvalue weighted by molar-refractivity contribution is 0.0698. The van der Waals surface area contributed by atoms with E-state index in [2.05, 4.69) is 5.32 Å². The second-order valence-corrected chi connectivity index (χ2v) is 3.93. The molecule has 0 unspecified atom stereocenters. The molecular formula is C14H9F2NO3. The van der Waals surface area contributed by atoms with Gasteiger partial charge in [-0.1, -0.05) is 12.1 Å². The van der Waals surface area contributed by atoms with Gasteiger partial charge in [-0.3, -0.25) is 4.79 Å². The molecule has 2 aromatic carbocycles. The van der Waals surface area contributed by atoms with E-state index >= 15 is 0 Å². The fourth-order valence-electron chi connectivity index (χ4n) is 1.64. The zero-order chi connectivity index (χ0) is 14.7. The molecule has 1 amide bonds. The molecule has 0 aromatic heterocycles. The number of hydrogen-bond donors (Lipinski definition) is 2. The molecule has 0 fully saturated rings. The number of carbonyl (C=O) groups is 2. The van der Waals surface area contributed by atoms with Crippen molar-refractivity contribution in [3.63, 3.8) is 0 Å². The summed E-state index contributed by atoms with van der Waals surface area (Å²) in [6.07, 6.45) is 0. The Morgan fingerprint density at radius 3 is 2.35 bits per heavy atom. The van der Waals surface area contributed by atoms with Gasteiger partial charge in [0.15, 0.2) is 0 Å². The Bertz CT molecular complexity index is 686. The number of amides is 1. The van der Waals surface area contributed by atoms with Crippen LogP contribution in [0.15, 0.2) is 42.5 Å². The molecule has 0 bridgehead atoms. The van der Waals surface area contributed by atoms with Gasteiger partial charge in [-0.25, -0.2) is 13.6 Å². The summed E-state index contributed by atoms with van der Waals surface area (Å²) in [6.45, 7) is 0. The zero-order valence-electron chi connectivity index (χ0n) is 10.1. The summed E-state index contributed by atoms with van der Waals surface area (Å²) in [5, 5.41) is 11.3. The molecule has 4 nitrogen and oxygen atoms in total. The average molecular weight is 277 g/mol. The van der Waals surface area contributed by atoms with Crippen LogP contribution in [-0.4, -0.2) is 17.0 Å². The maximum atomic E-state index is 13.4. The van der Waals surface area contributed by atoms with Crippen molar-refractivity contribution in [3.8, 4) is 0 Å². The molecule has 0 atom stereocenters. The van der Waals surface area contributed by atoms with Crippen molar-refractivity contribution in [1.82, 2.24) is 0 Å². The van der Waals surface area contributed by atoms with Crippen LogP contribution in [0.4, 0.5) is 14.5 Å². The molecule has 0 saturated heterocycles. The van der Waals surface area contributed by atoms with E-state index in [0.717, 1.165) is 12.1 Å². The van der Waals surface area contributed by atoms with Gasteiger partial charge >= 0.3 is 5.97 Å². The highest BCUT2D eigenvalue weighted by Crippen LogP contribution is 2.17. The molecule has 2 aromatic rings. The second kappa shape index (κ2) is 5.48. The minimum Gasteiger partial charge on any atom is -0.478 e. The number of halogens is 2. The summed E-state index contributed by atoms with van der Waals surface area (Å²) in [6, 6.07) is 8.23. The average Bonchev–Trinajstić information content (AvgIpc) is 2.38. The van der Waals surface area contributed by atoms with Crippen LogP contribution < -0.4 is 5.32 Å². The minimum absolute atomic E-state index is 0.0359. The van der Waals surface area contributed by atoms with Crippen LogP contribution in [0.5, 0.6) is 0 Å². The molecule has 0 aliphatic carbocycles. The van der Waals surface area contributed by atoms with E-state index in [-0.39, 0.29) is 16.8 Å². The maximum Gasteiger partial charge on any atom is 0.337 e. The lowest BCUT2D eigenvalue weighted by Gasteiger charge is -2.08. The Morgan fingerprint density at radius 2 is 1.70 bits per heavy atom. The van der Waals surface area contributed by atoms with E-state index in [4.69, 9.17) is 5.11 Å². The third-order valence-electron chi connectivity index (χ3n) is 2.58. The Labute approximate surface area is 112 Å². The summed E-state index contributed by atoms with van der Waals surface area (Å²) in [5.74, 6) is -3.89. The number of carboxylic acids is 1. The Kier molecular flexibility index (Phi) is 3.74. The van der Waals surface area contributed by atoms with E-state index in [0.29, 0.717) is 6.07 Å². The van der Waals surface area contributed by atoms with E-state index in [1.807, 2.05) is 0 Å². The highest BCUT2D eigenvalue weighted by atomic mass is 19.1. The predicted molar refractivity (Wildman–Crippen MR) is 67.7 cm³/mol. The smallest absolute Gasteiger partial charge is 0.337 e. The maximum absolute atomic E-state index is 13.4. The van der Waals surface area contributed by atoms with E-state index in [1.165, 1.54) is 24.3 Å². The largest absolute Gasteiger partial charge is 0.478 e. The summed E-state index contributed by atoms with van der Waals surface area (Å²) >= 11 is 0. The molecule has 6 heteroatoms. The highest BCUT2D eigenvalue weighted by molar-refractivity contribution is 6.07. The molecule has 2 N–H and O–H groups in total. The fraction of sp³-hybridized carbons (Fsp3) is 0. The van der Waals surface area contributed by atoms with Crippen LogP contribution in [0.2, 0.25) is 0 Å². The minimum atomic E-state index is -1.22. The van der Waals surface area contributed by atoms with Crippen LogP contribution in [-0.2, 0) is 0 Å². The first-order valence-electron chi connectivity index (χ1n) is 5.58. The van der Waals surface area contributed by atoms with Gasteiger partial charge in [0.2, 0.25) is 0 Å². The molecule has 0 radical (unpaired) electrons. The monoisotopic (exact) mass is 277 g/mol. The van der Waals surface area contributed by atoms with Crippen molar-refractivity contribution < 1.29 is 23.5 Å². The molecule has 0 aliphatic rings. The molecule has 0 spiro atoms. The molecular weight excluding hydrogens is 268 g/mol. The Morgan fingerprint density at radius 1 is 1.00 bits per heavy atom. The molecule has 0 heterocycles. The fourth-order valence-corrected chi connectivity index (χ4v) is 1.64. The number of para-hydroxylation sites is 1. The van der Waals surface area contributed by atoms with Crippen LogP contribution in [0.25, 0.3) is 0 Å². The first-order chi connectivity index (χ1) is 9.49. The number of aromatic carboxylic acids is 1. The van der Waals surface area contributed by atoms with Crippen molar-refractivity contribution in [3.05, 3.63) is 65.2 Å². The quantitative estimate of drug-likeness (QED) is 0.906. The van der Waals surface area contributed by atoms with E-state index in [1.54, 1.807) is 0 Å². The second-order valence-electron chi connectivity index (χ2n) is 3.93. The van der Waals surface area contributed by atoms with Gasteiger partial charge in [-0.2, -0.15) is 0 Å². The Hall–Kier alpha value is -2.76. The van der Waals surface area contributed by atoms with Crippen molar-refractivity contribution >= 4 is 17.6 Å². The number of benzene rings is 2. The number of carbonyl (C=O) groups excluding carboxylic acids is 1. The van der Waals surface area contributed by atoms with Gasteiger partial charge in [-0.05, 0) is 24.3 Å². The molecule has 0 saturated carbocycles. The lowest BCUT2D eigenvalue weighted by atomic mass is 10.1. The van der Waals surface area contributed by atoms with E-state index in [9.17, 15) is 18.4 Å². The number of hydrogen-bond acceptors (Lipinski definition) is 2. The lowest BCUT2D eigenvalue weighted by Crippen LogP contribution is -2.16. The van der Waals surface area contributed by atoms with Gasteiger partial charge in [0.05, 0.1) is 16.8 Å². The third-order valence-corrected chi connectivity index (χ3v) is 2.58. The topological polar surface area (TPSA) is 66.4 Å². The number of carboxylic acid groups (broad SMARTS) is 1. The van der Waals surface area contributed by atoms with Crippen molar-refractivity contribution in [2.45, 2.75) is 0 Å². The number of rotatable bonds is 3. The zero-order valence-corrected chi connectivity index (χ0v) is 10.1. The summed E-state index contributed by atoms with van der Waals surface area (Å²) in [4.78, 5) is 22.8. The van der Waals surface area contributed by atoms with Crippen LogP contribution >= 0.6 is 0 Å². The predicted octanol–water partition coefficient (Wildman–Crippen LogP) is 2.92. The van der Waals surface area contributed by atoms with Gasteiger partial charge in [-0.15, -0.1) is 0 Å². The molecule has 102 valence electrons. The van der Waals surface area contributed by atoms with Gasteiger partial charge in [0.25, 0.3) is 5.91 Å². The SMILES string of the molecule is O=C(Nc1ccccc1C(=O)O)c1ccc(F)cc1F. The number of anilines is 1. The first kappa shape index (κ1) is 13.7. The van der Waals surface area contributed by atoms with Gasteiger partial charge in [0, 0.05) is 6.07 Å². The van der Waals surface area contributed by atoms with Gasteiger partial charge < -0.3 is 10.4 Å². The van der Waals surface area contributed by atoms with Crippen LogP contribution in [0, 0.1) is 11.6 Å². The van der Waals surface area contributed by atoms with Crippen molar-refractivity contribution in [2.24, 2.45) is 0 Å². The van der Waals surface area contributed by atoms with Crippen molar-refractivity contribution in [1.29, 1.82) is 0 Å². The highest BCUT2D eigenvalue weighted by Gasteiger charge is 2.16. The van der Waals surface area contributed by atoms with E-state index < -0.39 is 23.5 Å². The number of nitrogens with one attached hydrogen (secondary N) is 1.